The second-order valence-electron chi connectivity index (χ2n) is 8.43. The molecule has 1 saturated carbocycles. The van der Waals surface area contributed by atoms with Crippen LogP contribution >= 0.6 is 0 Å². The predicted octanol–water partition coefficient (Wildman–Crippen LogP) is 6.76. The van der Waals surface area contributed by atoms with Gasteiger partial charge < -0.3 is 9.84 Å². The first-order valence-corrected chi connectivity index (χ1v) is 10.4. The average molecular weight is 388 g/mol. The number of benzene rings is 3. The van der Waals surface area contributed by atoms with Gasteiger partial charge in [-0.2, -0.15) is 0 Å². The maximum atomic E-state index is 14.9. The minimum Gasteiger partial charge on any atom is -0.508 e. The topological polar surface area (TPSA) is 29.5 Å². The van der Waals surface area contributed by atoms with Crippen LogP contribution in [0.2, 0.25) is 0 Å². The summed E-state index contributed by atoms with van der Waals surface area (Å²) in [5.41, 5.74) is 7.20. The molecule has 1 unspecified atom stereocenters. The Morgan fingerprint density at radius 2 is 1.62 bits per heavy atom. The van der Waals surface area contributed by atoms with Gasteiger partial charge >= 0.3 is 0 Å². The fourth-order valence-corrected chi connectivity index (χ4v) is 4.79. The van der Waals surface area contributed by atoms with E-state index in [1.165, 1.54) is 18.4 Å². The minimum atomic E-state index is -0.269. The van der Waals surface area contributed by atoms with Gasteiger partial charge in [0.25, 0.3) is 0 Å². The van der Waals surface area contributed by atoms with Gasteiger partial charge in [0.2, 0.25) is 0 Å². The van der Waals surface area contributed by atoms with Crippen LogP contribution in [0.15, 0.2) is 48.5 Å². The molecular formula is C26H25FO2. The van der Waals surface area contributed by atoms with Crippen LogP contribution in [0.3, 0.4) is 0 Å². The molecule has 3 aromatic rings. The molecular weight excluding hydrogens is 363 g/mol. The molecule has 2 aliphatic rings. The Labute approximate surface area is 171 Å². The number of halogens is 1. The van der Waals surface area contributed by atoms with Crippen molar-refractivity contribution in [3.8, 4) is 22.6 Å². The molecule has 1 N–H and O–H groups in total. The summed E-state index contributed by atoms with van der Waals surface area (Å²) in [6.07, 6.45) is 3.84. The van der Waals surface area contributed by atoms with Gasteiger partial charge in [-0.05, 0) is 109 Å². The van der Waals surface area contributed by atoms with Gasteiger partial charge in [-0.1, -0.05) is 18.2 Å². The summed E-state index contributed by atoms with van der Waals surface area (Å²) in [6.45, 7) is 3.98. The zero-order valence-electron chi connectivity index (χ0n) is 16.8. The highest BCUT2D eigenvalue weighted by atomic mass is 19.1. The van der Waals surface area contributed by atoms with Crippen LogP contribution in [0.5, 0.6) is 11.5 Å². The second-order valence-corrected chi connectivity index (χ2v) is 8.43. The molecule has 0 aromatic heterocycles. The summed E-state index contributed by atoms with van der Waals surface area (Å²) in [4.78, 5) is 0. The Kier molecular flexibility index (Phi) is 4.34. The lowest BCUT2D eigenvalue weighted by atomic mass is 9.90. The predicted molar refractivity (Wildman–Crippen MR) is 113 cm³/mol. The molecule has 3 heteroatoms. The lowest BCUT2D eigenvalue weighted by Crippen LogP contribution is -2.06. The van der Waals surface area contributed by atoms with Crippen LogP contribution in [-0.2, 0) is 6.42 Å². The van der Waals surface area contributed by atoms with Crippen LogP contribution in [0.1, 0.15) is 59.1 Å². The first-order chi connectivity index (χ1) is 14.0. The van der Waals surface area contributed by atoms with E-state index in [9.17, 15) is 9.50 Å². The van der Waals surface area contributed by atoms with Crippen molar-refractivity contribution in [1.29, 1.82) is 0 Å². The molecule has 0 radical (unpaired) electrons. The largest absolute Gasteiger partial charge is 0.508 e. The molecule has 148 valence electrons. The van der Waals surface area contributed by atoms with Crippen molar-refractivity contribution in [2.45, 2.75) is 51.6 Å². The summed E-state index contributed by atoms with van der Waals surface area (Å²) in [5, 5.41) is 9.89. The number of hydrogen-bond donors (Lipinski definition) is 1. The summed E-state index contributed by atoms with van der Waals surface area (Å²) in [7, 11) is 0. The van der Waals surface area contributed by atoms with Crippen molar-refractivity contribution in [3.05, 3.63) is 82.2 Å². The Morgan fingerprint density at radius 1 is 0.931 bits per heavy atom. The SMILES string of the molecule is Cc1cc(O)cc(C)c1-c1ccc(F)c2c1CCC2Oc1ccc(C2CC2)cc1. The van der Waals surface area contributed by atoms with Gasteiger partial charge in [-0.3, -0.25) is 0 Å². The van der Waals surface area contributed by atoms with Crippen molar-refractivity contribution in [2.75, 3.05) is 0 Å². The molecule has 0 bridgehead atoms. The summed E-state index contributed by atoms with van der Waals surface area (Å²) in [5.74, 6) is 1.58. The van der Waals surface area contributed by atoms with Crippen molar-refractivity contribution in [1.82, 2.24) is 0 Å². The van der Waals surface area contributed by atoms with E-state index in [1.54, 1.807) is 18.2 Å². The van der Waals surface area contributed by atoms with Crippen LogP contribution in [0.25, 0.3) is 11.1 Å². The van der Waals surface area contributed by atoms with E-state index in [0.29, 0.717) is 11.5 Å². The first-order valence-electron chi connectivity index (χ1n) is 10.4. The maximum absolute atomic E-state index is 14.9. The van der Waals surface area contributed by atoms with E-state index in [-0.39, 0.29) is 17.7 Å². The van der Waals surface area contributed by atoms with Crippen LogP contribution in [0.4, 0.5) is 4.39 Å². The summed E-state index contributed by atoms with van der Waals surface area (Å²) < 4.78 is 21.1. The highest BCUT2D eigenvalue weighted by Crippen LogP contribution is 2.44. The normalized spacial score (nSPS) is 18.0. The standard InChI is InChI=1S/C26H25FO2/c1-15-13-19(28)14-16(2)25(15)21-9-11-23(27)26-22(21)10-12-24(26)29-20-7-5-18(6-8-20)17-3-4-17/h5-9,11,13-14,17,24,28H,3-4,10,12H2,1-2H3. The molecule has 0 spiro atoms. The maximum Gasteiger partial charge on any atom is 0.130 e. The van der Waals surface area contributed by atoms with E-state index in [0.717, 1.165) is 46.4 Å². The van der Waals surface area contributed by atoms with Gasteiger partial charge in [0.15, 0.2) is 0 Å². The molecule has 0 heterocycles. The van der Waals surface area contributed by atoms with Crippen molar-refractivity contribution in [2.24, 2.45) is 0 Å². The molecule has 0 amide bonds. The van der Waals surface area contributed by atoms with Gasteiger partial charge in [0, 0.05) is 5.56 Å². The first kappa shape index (κ1) is 18.2. The highest BCUT2D eigenvalue weighted by Gasteiger charge is 2.31. The van der Waals surface area contributed by atoms with Gasteiger partial charge in [0.05, 0.1) is 0 Å². The fourth-order valence-electron chi connectivity index (χ4n) is 4.79. The number of phenolic OH excluding ortho intramolecular Hbond substituents is 1. The third-order valence-electron chi connectivity index (χ3n) is 6.28. The number of hydrogen-bond acceptors (Lipinski definition) is 2. The molecule has 3 aromatic carbocycles. The lowest BCUT2D eigenvalue weighted by Gasteiger charge is -2.18. The Balaban J connectivity index is 1.50. The molecule has 2 aliphatic carbocycles. The third kappa shape index (κ3) is 3.29. The Morgan fingerprint density at radius 3 is 2.28 bits per heavy atom. The van der Waals surface area contributed by atoms with E-state index < -0.39 is 0 Å². The van der Waals surface area contributed by atoms with E-state index in [1.807, 2.05) is 32.0 Å². The quantitative estimate of drug-likeness (QED) is 0.535. The van der Waals surface area contributed by atoms with Gasteiger partial charge in [-0.25, -0.2) is 4.39 Å². The molecule has 5 rings (SSSR count). The summed E-state index contributed by atoms with van der Waals surface area (Å²) >= 11 is 0. The van der Waals surface area contributed by atoms with E-state index >= 15 is 0 Å². The zero-order chi connectivity index (χ0) is 20.1. The molecule has 2 nitrogen and oxygen atoms in total. The Hall–Kier alpha value is -2.81. The zero-order valence-corrected chi connectivity index (χ0v) is 16.8. The molecule has 0 aliphatic heterocycles. The van der Waals surface area contributed by atoms with Crippen molar-refractivity contribution in [3.63, 3.8) is 0 Å². The molecule has 29 heavy (non-hydrogen) atoms. The van der Waals surface area contributed by atoms with Crippen molar-refractivity contribution < 1.29 is 14.2 Å². The fraction of sp³-hybridized carbons (Fsp3) is 0.308. The lowest BCUT2D eigenvalue weighted by molar-refractivity contribution is 0.203. The molecule has 1 fully saturated rings. The van der Waals surface area contributed by atoms with E-state index in [4.69, 9.17) is 4.74 Å². The number of fused-ring (bicyclic) bond motifs is 1. The number of aromatic hydroxyl groups is 1. The second kappa shape index (κ2) is 6.91. The number of ether oxygens (including phenoxy) is 1. The number of phenols is 1. The number of aryl methyl sites for hydroxylation is 2. The van der Waals surface area contributed by atoms with Crippen LogP contribution < -0.4 is 4.74 Å². The number of rotatable bonds is 4. The van der Waals surface area contributed by atoms with Crippen molar-refractivity contribution >= 4 is 0 Å². The Bertz CT molecular complexity index is 1060. The van der Waals surface area contributed by atoms with Gasteiger partial charge in [-0.15, -0.1) is 0 Å². The highest BCUT2D eigenvalue weighted by molar-refractivity contribution is 5.76. The molecule has 0 saturated heterocycles. The van der Waals surface area contributed by atoms with Crippen LogP contribution in [0, 0.1) is 19.7 Å². The summed E-state index contributed by atoms with van der Waals surface area (Å²) in [6, 6.07) is 15.3. The van der Waals surface area contributed by atoms with E-state index in [2.05, 4.69) is 12.1 Å². The van der Waals surface area contributed by atoms with Crippen LogP contribution in [-0.4, -0.2) is 5.11 Å². The average Bonchev–Trinajstić information content (AvgIpc) is 3.44. The monoisotopic (exact) mass is 388 g/mol. The molecule has 1 atom stereocenters. The minimum absolute atomic E-state index is 0.199. The smallest absolute Gasteiger partial charge is 0.130 e. The third-order valence-corrected chi connectivity index (χ3v) is 6.28. The van der Waals surface area contributed by atoms with Gasteiger partial charge in [0.1, 0.15) is 23.4 Å².